The van der Waals surface area contributed by atoms with E-state index in [0.717, 1.165) is 6.07 Å². The molecule has 1 aromatic rings. The van der Waals surface area contributed by atoms with Gasteiger partial charge in [-0.1, -0.05) is 0 Å². The summed E-state index contributed by atoms with van der Waals surface area (Å²) in [5, 5.41) is 18.3. The van der Waals surface area contributed by atoms with Crippen LogP contribution in [0.1, 0.15) is 10.4 Å². The van der Waals surface area contributed by atoms with E-state index in [-0.39, 0.29) is 22.8 Å². The highest BCUT2D eigenvalue weighted by Gasteiger charge is 2.12. The Morgan fingerprint density at radius 1 is 1.43 bits per heavy atom. The van der Waals surface area contributed by atoms with Crippen LogP contribution in [-0.4, -0.2) is 32.2 Å². The Labute approximate surface area is 83.7 Å². The summed E-state index contributed by atoms with van der Waals surface area (Å²) in [7, 11) is -1.23. The molecule has 0 fully saturated rings. The third-order valence-electron chi connectivity index (χ3n) is 1.62. The molecule has 0 aliphatic rings. The van der Waals surface area contributed by atoms with Crippen LogP contribution in [0, 0.1) is 0 Å². The monoisotopic (exact) mass is 214 g/mol. The van der Waals surface area contributed by atoms with Gasteiger partial charge in [-0.3, -0.25) is 9.00 Å². The summed E-state index contributed by atoms with van der Waals surface area (Å²) in [4.78, 5) is 11.4. The molecule has 0 saturated heterocycles. The van der Waals surface area contributed by atoms with E-state index in [0.29, 0.717) is 0 Å². The van der Waals surface area contributed by atoms with Crippen LogP contribution in [0.5, 0.6) is 11.5 Å². The van der Waals surface area contributed by atoms with Crippen molar-refractivity contribution in [2.75, 3.05) is 12.0 Å². The summed E-state index contributed by atoms with van der Waals surface area (Å²) in [6.07, 6.45) is 1.41. The van der Waals surface area contributed by atoms with Crippen LogP contribution in [0.4, 0.5) is 0 Å². The van der Waals surface area contributed by atoms with Gasteiger partial charge in [-0.25, -0.2) is 0 Å². The van der Waals surface area contributed by atoms with E-state index < -0.39 is 16.6 Å². The summed E-state index contributed by atoms with van der Waals surface area (Å²) in [5.74, 6) is -0.932. The zero-order valence-corrected chi connectivity index (χ0v) is 8.37. The van der Waals surface area contributed by atoms with Crippen molar-refractivity contribution in [3.05, 3.63) is 23.8 Å². The first-order valence-corrected chi connectivity index (χ1v) is 5.58. The van der Waals surface area contributed by atoms with Crippen molar-refractivity contribution in [2.45, 2.75) is 0 Å². The van der Waals surface area contributed by atoms with Gasteiger partial charge in [0.05, 0.1) is 11.3 Å². The van der Waals surface area contributed by atoms with E-state index in [1.807, 2.05) is 0 Å². The Balaban J connectivity index is 2.96. The lowest BCUT2D eigenvalue weighted by atomic mass is 10.1. The lowest BCUT2D eigenvalue weighted by molar-refractivity contribution is 0.101. The highest BCUT2D eigenvalue weighted by molar-refractivity contribution is 7.85. The van der Waals surface area contributed by atoms with Crippen LogP contribution in [0.2, 0.25) is 0 Å². The van der Waals surface area contributed by atoms with Gasteiger partial charge in [0.1, 0.15) is 11.5 Å². The summed E-state index contributed by atoms with van der Waals surface area (Å²) in [5.41, 5.74) is 0.0815. The van der Waals surface area contributed by atoms with Gasteiger partial charge >= 0.3 is 0 Å². The van der Waals surface area contributed by atoms with Gasteiger partial charge in [0.2, 0.25) is 0 Å². The number of carbonyl (C=O) groups excluding carboxylic acids is 1. The molecule has 2 N–H and O–H groups in total. The minimum atomic E-state index is -1.23. The third kappa shape index (κ3) is 2.56. The third-order valence-corrected chi connectivity index (χ3v) is 2.28. The second-order valence-corrected chi connectivity index (χ2v) is 4.28. The molecular weight excluding hydrogens is 204 g/mol. The second kappa shape index (κ2) is 4.23. The van der Waals surface area contributed by atoms with Gasteiger partial charge < -0.3 is 10.2 Å². The molecule has 0 aliphatic heterocycles. The number of aromatic hydroxyl groups is 2. The molecule has 0 radical (unpaired) electrons. The average molecular weight is 214 g/mol. The molecule has 1 rings (SSSR count). The molecule has 0 spiro atoms. The van der Waals surface area contributed by atoms with Gasteiger partial charge in [-0.2, -0.15) is 0 Å². The Bertz CT molecular complexity index is 386. The second-order valence-electron chi connectivity index (χ2n) is 2.84. The highest BCUT2D eigenvalue weighted by Crippen LogP contribution is 2.22. The van der Waals surface area contributed by atoms with Crippen molar-refractivity contribution in [1.29, 1.82) is 0 Å². The van der Waals surface area contributed by atoms with Crippen molar-refractivity contribution in [3.63, 3.8) is 0 Å². The first-order chi connectivity index (χ1) is 6.50. The van der Waals surface area contributed by atoms with Crippen LogP contribution >= 0.6 is 0 Å². The molecule has 4 nitrogen and oxygen atoms in total. The molecule has 0 aliphatic carbocycles. The molecule has 76 valence electrons. The minimum Gasteiger partial charge on any atom is -0.508 e. The standard InChI is InChI=1S/C9H10O4S/c1-14(13)5-9(12)7-3-2-6(10)4-8(7)11/h2-4,10-11H,5H2,1H3/t14-/m1/s1. The van der Waals surface area contributed by atoms with Crippen molar-refractivity contribution in [2.24, 2.45) is 0 Å². The zero-order chi connectivity index (χ0) is 10.7. The number of ketones is 1. The molecule has 1 atom stereocenters. The van der Waals surface area contributed by atoms with E-state index in [9.17, 15) is 14.1 Å². The molecule has 0 unspecified atom stereocenters. The van der Waals surface area contributed by atoms with E-state index in [4.69, 9.17) is 5.11 Å². The Kier molecular flexibility index (Phi) is 3.24. The maximum atomic E-state index is 11.4. The Morgan fingerprint density at radius 2 is 2.07 bits per heavy atom. The summed E-state index contributed by atoms with van der Waals surface area (Å²) in [6, 6.07) is 3.68. The van der Waals surface area contributed by atoms with Crippen LogP contribution in [0.25, 0.3) is 0 Å². The normalized spacial score (nSPS) is 12.4. The Hall–Kier alpha value is -1.36. The molecule has 5 heteroatoms. The van der Waals surface area contributed by atoms with Crippen molar-refractivity contribution in [3.8, 4) is 11.5 Å². The van der Waals surface area contributed by atoms with Gasteiger partial charge in [0.15, 0.2) is 5.78 Å². The average Bonchev–Trinajstić information content (AvgIpc) is 2.01. The first-order valence-electron chi connectivity index (χ1n) is 3.86. The minimum absolute atomic E-state index is 0.0815. The summed E-state index contributed by atoms with van der Waals surface area (Å²) in [6.45, 7) is 0. The fourth-order valence-corrected chi connectivity index (χ4v) is 1.54. The molecular formula is C9H10O4S. The lowest BCUT2D eigenvalue weighted by Gasteiger charge is -2.02. The molecule has 0 bridgehead atoms. The van der Waals surface area contributed by atoms with Gasteiger partial charge in [0, 0.05) is 23.1 Å². The quantitative estimate of drug-likeness (QED) is 0.725. The van der Waals surface area contributed by atoms with Crippen LogP contribution in [0.3, 0.4) is 0 Å². The fourth-order valence-electron chi connectivity index (χ4n) is 1.02. The predicted octanol–water partition coefficient (Wildman–Crippen LogP) is 0.659. The molecule has 0 saturated carbocycles. The number of rotatable bonds is 3. The maximum absolute atomic E-state index is 11.4. The molecule has 0 heterocycles. The smallest absolute Gasteiger partial charge is 0.179 e. The van der Waals surface area contributed by atoms with E-state index >= 15 is 0 Å². The molecule has 14 heavy (non-hydrogen) atoms. The summed E-state index contributed by atoms with van der Waals surface area (Å²) < 4.78 is 10.8. The summed E-state index contributed by atoms with van der Waals surface area (Å²) >= 11 is 0. The molecule has 0 amide bonds. The van der Waals surface area contributed by atoms with Gasteiger partial charge in [-0.05, 0) is 12.1 Å². The number of hydrogen-bond donors (Lipinski definition) is 2. The van der Waals surface area contributed by atoms with Crippen LogP contribution < -0.4 is 0 Å². The number of benzene rings is 1. The number of phenolic OH excluding ortho intramolecular Hbond substituents is 2. The molecule has 0 aromatic heterocycles. The van der Waals surface area contributed by atoms with Crippen molar-refractivity contribution >= 4 is 16.6 Å². The van der Waals surface area contributed by atoms with Gasteiger partial charge in [0.25, 0.3) is 0 Å². The predicted molar refractivity (Wildman–Crippen MR) is 53.0 cm³/mol. The van der Waals surface area contributed by atoms with E-state index in [1.54, 1.807) is 0 Å². The number of hydrogen-bond acceptors (Lipinski definition) is 4. The largest absolute Gasteiger partial charge is 0.508 e. The molecule has 1 aromatic carbocycles. The van der Waals surface area contributed by atoms with Crippen molar-refractivity contribution in [1.82, 2.24) is 0 Å². The highest BCUT2D eigenvalue weighted by atomic mass is 32.2. The van der Waals surface area contributed by atoms with E-state index in [1.165, 1.54) is 18.4 Å². The van der Waals surface area contributed by atoms with Crippen LogP contribution in [0.15, 0.2) is 18.2 Å². The van der Waals surface area contributed by atoms with E-state index in [2.05, 4.69) is 0 Å². The number of phenols is 2. The lowest BCUT2D eigenvalue weighted by Crippen LogP contribution is -2.09. The van der Waals surface area contributed by atoms with Gasteiger partial charge in [-0.15, -0.1) is 0 Å². The van der Waals surface area contributed by atoms with Crippen molar-refractivity contribution < 1.29 is 19.2 Å². The maximum Gasteiger partial charge on any atom is 0.179 e. The number of carbonyl (C=O) groups is 1. The zero-order valence-electron chi connectivity index (χ0n) is 7.56. The SMILES string of the molecule is C[S@@](=O)CC(=O)c1ccc(O)cc1O. The first kappa shape index (κ1) is 10.7. The Morgan fingerprint density at radius 3 is 2.57 bits per heavy atom. The number of Topliss-reactive ketones (excluding diaryl/α,β-unsaturated/α-hetero) is 1. The van der Waals surface area contributed by atoms with Crippen LogP contribution in [-0.2, 0) is 10.8 Å². The fraction of sp³-hybridized carbons (Fsp3) is 0.222. The topological polar surface area (TPSA) is 74.6 Å².